The molecule has 2 aliphatic heterocycles. The van der Waals surface area contributed by atoms with Crippen LogP contribution in [-0.2, 0) is 50.5 Å². The molecule has 6 heterocycles. The summed E-state index contributed by atoms with van der Waals surface area (Å²) in [7, 11) is 0. The standard InChI is InChI=1S/C50H40N4O.Pt/c1-50(2,3)45-30-49(51-31-44(45)36-10-5-4-6-11-36)54-46-15-8-7-14-42(46)43-27-26-41(29-47(43)54)55-40-13-9-12-39(28-40)52-32-48-37-22-20-34-16-18-35(19-17-34)21-24-38(25-23-37)53(48)33-52;/h4-19,23,25-27,30-32H,20-22,24H2,1-3H3;/q-2;. The van der Waals surface area contributed by atoms with E-state index >= 15 is 0 Å². The van der Waals surface area contributed by atoms with Crippen molar-refractivity contribution in [3.05, 3.63) is 184 Å². The Bertz CT molecular complexity index is 3000. The second-order valence-electron chi connectivity index (χ2n) is 15.8. The van der Waals surface area contributed by atoms with Crippen LogP contribution >= 0.6 is 0 Å². The van der Waals surface area contributed by atoms with Crippen molar-refractivity contribution in [2.75, 3.05) is 0 Å². The molecule has 4 aliphatic rings. The van der Waals surface area contributed by atoms with Crippen molar-refractivity contribution in [3.63, 3.8) is 0 Å². The predicted octanol–water partition coefficient (Wildman–Crippen LogP) is 11.5. The zero-order chi connectivity index (χ0) is 38.0. The van der Waals surface area contributed by atoms with Crippen LogP contribution in [0.1, 0.15) is 48.7 Å². The van der Waals surface area contributed by atoms with E-state index in [2.05, 4.69) is 181 Å². The number of para-hydroxylation sites is 1. The summed E-state index contributed by atoms with van der Waals surface area (Å²) in [5, 5.41) is 2.25. The first-order chi connectivity index (χ1) is 27.3. The third-order valence-electron chi connectivity index (χ3n) is 11.1. The van der Waals surface area contributed by atoms with E-state index in [4.69, 9.17) is 9.72 Å². The Balaban J connectivity index is 1.04. The predicted molar refractivity (Wildman–Crippen MR) is 222 cm³/mol. The summed E-state index contributed by atoms with van der Waals surface area (Å²) in [4.78, 5) is 5.10. The summed E-state index contributed by atoms with van der Waals surface area (Å²) in [5.74, 6) is 2.11. The van der Waals surface area contributed by atoms with Crippen LogP contribution in [0.25, 0.3) is 50.0 Å². The molecule has 0 saturated heterocycles. The van der Waals surface area contributed by atoms with Crippen LogP contribution in [0, 0.1) is 15.9 Å². The quantitative estimate of drug-likeness (QED) is 0.161. The monoisotopic (exact) mass is 907 g/mol. The van der Waals surface area contributed by atoms with E-state index in [9.17, 15) is 0 Å². The minimum absolute atomic E-state index is 0.105. The van der Waals surface area contributed by atoms with Gasteiger partial charge in [-0.15, -0.1) is 0 Å². The van der Waals surface area contributed by atoms with Gasteiger partial charge in [-0.25, -0.2) is 0 Å². The molecule has 278 valence electrons. The molecule has 56 heavy (non-hydrogen) atoms. The minimum Gasteiger partial charge on any atom is -0.0622 e. The summed E-state index contributed by atoms with van der Waals surface area (Å²) < 4.78 is 14.6. The van der Waals surface area contributed by atoms with Gasteiger partial charge in [0.05, 0.1) is 0 Å². The molecule has 0 radical (unpaired) electrons. The van der Waals surface area contributed by atoms with Crippen molar-refractivity contribution in [1.29, 1.82) is 0 Å². The second-order valence-corrected chi connectivity index (χ2v) is 16.8. The van der Waals surface area contributed by atoms with Crippen LogP contribution in [0.15, 0.2) is 140 Å². The van der Waals surface area contributed by atoms with Gasteiger partial charge in [0, 0.05) is 11.8 Å². The van der Waals surface area contributed by atoms with Gasteiger partial charge in [0.25, 0.3) is 0 Å². The van der Waals surface area contributed by atoms with E-state index in [0.29, 0.717) is 11.5 Å². The summed E-state index contributed by atoms with van der Waals surface area (Å²) in [6, 6.07) is 52.6. The second kappa shape index (κ2) is 13.8. The van der Waals surface area contributed by atoms with Gasteiger partial charge in [-0.05, 0) is 16.5 Å². The number of hydrogen-bond donors (Lipinski definition) is 0. The van der Waals surface area contributed by atoms with Crippen LogP contribution in [0.2, 0.25) is 0 Å². The van der Waals surface area contributed by atoms with Crippen molar-refractivity contribution < 1.29 is 24.1 Å². The number of fused-ring (bicyclic) bond motifs is 3. The molecule has 4 aromatic heterocycles. The third-order valence-corrected chi connectivity index (χ3v) is 12.2. The van der Waals surface area contributed by atoms with Gasteiger partial charge in [0.2, 0.25) is 0 Å². The Morgan fingerprint density at radius 3 is 2.23 bits per heavy atom. The van der Waals surface area contributed by atoms with Crippen molar-refractivity contribution in [2.45, 2.75) is 51.9 Å². The fraction of sp³-hybridized carbons (Fsp3) is 0.160. The van der Waals surface area contributed by atoms with Crippen LogP contribution in [-0.4, -0.2) is 18.5 Å². The Morgan fingerprint density at radius 2 is 1.43 bits per heavy atom. The molecule has 0 amide bonds. The van der Waals surface area contributed by atoms with E-state index in [-0.39, 0.29) is 5.41 Å². The van der Waals surface area contributed by atoms with Crippen LogP contribution in [0.4, 0.5) is 0 Å². The molecular weight excluding hydrogens is 868 g/mol. The number of ether oxygens (including phenoxy) is 1. The van der Waals surface area contributed by atoms with Gasteiger partial charge < -0.3 is 0 Å². The molecule has 5 nitrogen and oxygen atoms in total. The molecule has 13 rings (SSSR count). The first-order valence-electron chi connectivity index (χ1n) is 19.3. The van der Waals surface area contributed by atoms with Crippen LogP contribution < -0.4 is 4.74 Å². The number of pyridine rings is 2. The smallest absolute Gasteiger partial charge is 0.0622 e. The number of nitrogens with zero attached hydrogens (tertiary/aromatic N) is 4. The summed E-state index contributed by atoms with van der Waals surface area (Å²) >= 11 is 2.47. The van der Waals surface area contributed by atoms with E-state index in [1.165, 1.54) is 33.5 Å². The fourth-order valence-electron chi connectivity index (χ4n) is 8.23. The molecule has 0 atom stereocenters. The van der Waals surface area contributed by atoms with Crippen LogP contribution in [0.5, 0.6) is 11.5 Å². The van der Waals surface area contributed by atoms with Gasteiger partial charge in [-0.1, -0.05) is 63.2 Å². The van der Waals surface area contributed by atoms with Gasteiger partial charge in [-0.2, -0.15) is 0 Å². The number of hydrogen-bond acceptors (Lipinski definition) is 2. The van der Waals surface area contributed by atoms with Crippen molar-refractivity contribution >= 4 is 27.3 Å². The number of imidazole rings is 1. The maximum atomic E-state index is 6.61. The van der Waals surface area contributed by atoms with Gasteiger partial charge in [0.1, 0.15) is 0 Å². The number of rotatable bonds is 5. The van der Waals surface area contributed by atoms with Crippen LogP contribution in [0.3, 0.4) is 0 Å². The average molecular weight is 908 g/mol. The van der Waals surface area contributed by atoms with Gasteiger partial charge >= 0.3 is 248 Å². The first-order valence-corrected chi connectivity index (χ1v) is 20.4. The molecule has 0 saturated carbocycles. The Hall–Kier alpha value is -5.77. The molecule has 4 bridgehead atoms. The number of benzene rings is 5. The molecule has 6 heteroatoms. The molecule has 0 fully saturated rings. The Labute approximate surface area is 337 Å². The molecule has 0 spiro atoms. The van der Waals surface area contributed by atoms with E-state index in [1.807, 2.05) is 24.4 Å². The van der Waals surface area contributed by atoms with E-state index < -0.39 is 0 Å². The molecule has 0 N–H and O–H groups in total. The van der Waals surface area contributed by atoms with Gasteiger partial charge in [-0.3, -0.25) is 0 Å². The summed E-state index contributed by atoms with van der Waals surface area (Å²) in [5.41, 5.74) is 13.0. The van der Waals surface area contributed by atoms with Crippen molar-refractivity contribution in [2.24, 2.45) is 0 Å². The zero-order valence-corrected chi connectivity index (χ0v) is 33.9. The normalized spacial score (nSPS) is 13.1. The maximum absolute atomic E-state index is 6.61. The molecule has 2 aliphatic carbocycles. The minimum atomic E-state index is -0.105. The van der Waals surface area contributed by atoms with E-state index in [0.717, 1.165) is 73.9 Å². The van der Waals surface area contributed by atoms with Gasteiger partial charge in [0.15, 0.2) is 0 Å². The Morgan fingerprint density at radius 1 is 0.679 bits per heavy atom. The Kier molecular flexibility index (Phi) is 8.52. The van der Waals surface area contributed by atoms with E-state index in [1.54, 1.807) is 0 Å². The molecule has 5 aromatic carbocycles. The summed E-state index contributed by atoms with van der Waals surface area (Å²) in [6.45, 7) is 6.79. The summed E-state index contributed by atoms with van der Waals surface area (Å²) in [6.07, 6.45) is 8.26. The fourth-order valence-corrected chi connectivity index (χ4v) is 9.25. The topological polar surface area (TPSA) is 36.4 Å². The molecule has 9 aromatic rings. The number of aromatic nitrogens is 4. The SMILES string of the molecule is CC(C)(C)c1cc(-n2c3[c-]c(Oc4[c-]c(-n5cc6c7ccc(n6[c]5=[Pt])CCc5ccc(cc5)CC7)ccc4)ccc3c3ccccc32)ncc1-c1ccccc1. The molecular formula is C50H40N4OPt-2. The van der Waals surface area contributed by atoms with Crippen molar-refractivity contribution in [1.82, 2.24) is 18.5 Å². The van der Waals surface area contributed by atoms with Crippen molar-refractivity contribution in [3.8, 4) is 34.1 Å². The average Bonchev–Trinajstić information content (AvgIpc) is 3.73. The molecule has 0 unspecified atom stereocenters. The number of aryl methyl sites for hydroxylation is 4. The third kappa shape index (κ3) is 6.15. The first kappa shape index (κ1) is 34.7. The zero-order valence-electron chi connectivity index (χ0n) is 31.6.